The molecule has 0 saturated heterocycles. The van der Waals surface area contributed by atoms with Crippen LogP contribution in [-0.4, -0.2) is 26.9 Å². The summed E-state index contributed by atoms with van der Waals surface area (Å²) in [7, 11) is 0. The molecule has 0 aliphatic rings. The molecule has 1 aromatic heterocycles. The highest BCUT2D eigenvalue weighted by molar-refractivity contribution is 5.77. The van der Waals surface area contributed by atoms with E-state index in [1.54, 1.807) is 18.2 Å². The van der Waals surface area contributed by atoms with Gasteiger partial charge in [0.2, 0.25) is 5.91 Å². The van der Waals surface area contributed by atoms with Crippen LogP contribution in [0.4, 0.5) is 0 Å². The number of carbonyl (C=O) groups is 1. The van der Waals surface area contributed by atoms with Crippen LogP contribution in [0, 0.1) is 0 Å². The van der Waals surface area contributed by atoms with E-state index in [1.165, 1.54) is 10.2 Å². The fraction of sp³-hybridized carbons (Fsp3) is 0.300. The molecule has 134 valence electrons. The van der Waals surface area contributed by atoms with E-state index in [-0.39, 0.29) is 30.5 Å². The lowest BCUT2D eigenvalue weighted by Gasteiger charge is -2.14. The van der Waals surface area contributed by atoms with E-state index < -0.39 is 0 Å². The number of carbonyl (C=O) groups excluding carboxylic acids is 1. The van der Waals surface area contributed by atoms with Crippen molar-refractivity contribution in [3.8, 4) is 0 Å². The van der Waals surface area contributed by atoms with Gasteiger partial charge in [-0.25, -0.2) is 4.68 Å². The summed E-state index contributed by atoms with van der Waals surface area (Å²) >= 11 is 0. The summed E-state index contributed by atoms with van der Waals surface area (Å²) in [5.41, 5.74) is 1.60. The SMILES string of the molecule is C[C@@H](CCc1ccccc1)NC(=O)CCn1nnc2ccccc2c1=O. The molecular formula is C20H22N4O2. The Kier molecular flexibility index (Phi) is 5.73. The highest BCUT2D eigenvalue weighted by Gasteiger charge is 2.10. The average molecular weight is 350 g/mol. The van der Waals surface area contributed by atoms with E-state index in [2.05, 4.69) is 27.8 Å². The Labute approximate surface area is 151 Å². The van der Waals surface area contributed by atoms with Crippen LogP contribution < -0.4 is 10.9 Å². The quantitative estimate of drug-likeness (QED) is 0.709. The van der Waals surface area contributed by atoms with Gasteiger partial charge >= 0.3 is 0 Å². The van der Waals surface area contributed by atoms with Gasteiger partial charge in [-0.3, -0.25) is 9.59 Å². The summed E-state index contributed by atoms with van der Waals surface area (Å²) in [6.07, 6.45) is 1.98. The molecule has 6 heteroatoms. The zero-order valence-electron chi connectivity index (χ0n) is 14.8. The predicted molar refractivity (Wildman–Crippen MR) is 101 cm³/mol. The lowest BCUT2D eigenvalue weighted by molar-refractivity contribution is -0.122. The first-order valence-electron chi connectivity index (χ1n) is 8.79. The van der Waals surface area contributed by atoms with Gasteiger partial charge in [0.1, 0.15) is 5.52 Å². The Morgan fingerprint density at radius 2 is 1.85 bits per heavy atom. The molecule has 0 fully saturated rings. The van der Waals surface area contributed by atoms with Gasteiger partial charge in [-0.2, -0.15) is 0 Å². The van der Waals surface area contributed by atoms with E-state index in [9.17, 15) is 9.59 Å². The zero-order valence-corrected chi connectivity index (χ0v) is 14.8. The molecule has 0 spiro atoms. The van der Waals surface area contributed by atoms with Crippen molar-refractivity contribution in [2.24, 2.45) is 0 Å². The first kappa shape index (κ1) is 17.8. The van der Waals surface area contributed by atoms with Crippen molar-refractivity contribution in [1.82, 2.24) is 20.3 Å². The number of amides is 1. The molecule has 0 radical (unpaired) electrons. The fourth-order valence-electron chi connectivity index (χ4n) is 2.82. The van der Waals surface area contributed by atoms with E-state index in [0.29, 0.717) is 10.9 Å². The zero-order chi connectivity index (χ0) is 18.4. The molecule has 0 saturated carbocycles. The number of aromatic nitrogens is 3. The minimum atomic E-state index is -0.222. The van der Waals surface area contributed by atoms with Gasteiger partial charge in [0.15, 0.2) is 0 Å². The van der Waals surface area contributed by atoms with Crippen molar-refractivity contribution in [3.63, 3.8) is 0 Å². The summed E-state index contributed by atoms with van der Waals surface area (Å²) in [6.45, 7) is 2.21. The molecule has 0 aliphatic carbocycles. The Hall–Kier alpha value is -3.02. The summed E-state index contributed by atoms with van der Waals surface area (Å²) < 4.78 is 1.25. The summed E-state index contributed by atoms with van der Waals surface area (Å²) in [5, 5.41) is 11.4. The summed E-state index contributed by atoms with van der Waals surface area (Å²) in [6, 6.07) is 17.3. The third-order valence-electron chi connectivity index (χ3n) is 4.30. The van der Waals surface area contributed by atoms with Crippen molar-refractivity contribution < 1.29 is 4.79 Å². The highest BCUT2D eigenvalue weighted by atomic mass is 16.2. The molecule has 1 atom stereocenters. The molecule has 3 rings (SSSR count). The van der Waals surface area contributed by atoms with E-state index in [0.717, 1.165) is 12.8 Å². The molecule has 0 bridgehead atoms. The Morgan fingerprint density at radius 1 is 1.12 bits per heavy atom. The normalized spacial score (nSPS) is 12.0. The van der Waals surface area contributed by atoms with Crippen LogP contribution in [0.25, 0.3) is 10.9 Å². The number of rotatable bonds is 7. The third kappa shape index (κ3) is 4.53. The van der Waals surface area contributed by atoms with Gasteiger partial charge < -0.3 is 5.32 Å². The molecule has 1 amide bonds. The molecule has 1 heterocycles. The second kappa shape index (κ2) is 8.38. The van der Waals surface area contributed by atoms with Gasteiger partial charge in [0, 0.05) is 12.5 Å². The van der Waals surface area contributed by atoms with Crippen LogP contribution in [-0.2, 0) is 17.8 Å². The van der Waals surface area contributed by atoms with Crippen LogP contribution in [0.3, 0.4) is 0 Å². The van der Waals surface area contributed by atoms with Gasteiger partial charge in [-0.05, 0) is 37.5 Å². The van der Waals surface area contributed by atoms with Gasteiger partial charge in [-0.1, -0.05) is 47.7 Å². The number of nitrogens with zero attached hydrogens (tertiary/aromatic N) is 3. The van der Waals surface area contributed by atoms with Crippen molar-refractivity contribution in [2.75, 3.05) is 0 Å². The van der Waals surface area contributed by atoms with Gasteiger partial charge in [0.05, 0.1) is 11.9 Å². The smallest absolute Gasteiger partial charge is 0.277 e. The summed E-state index contributed by atoms with van der Waals surface area (Å²) in [4.78, 5) is 24.5. The van der Waals surface area contributed by atoms with Crippen LogP contribution in [0.2, 0.25) is 0 Å². The van der Waals surface area contributed by atoms with Gasteiger partial charge in [0.25, 0.3) is 5.56 Å². The standard InChI is InChI=1S/C20H22N4O2/c1-15(11-12-16-7-3-2-4-8-16)21-19(25)13-14-24-20(26)17-9-5-6-10-18(17)22-23-24/h2-10,15H,11-14H2,1H3,(H,21,25)/t15-/m0/s1. The lowest BCUT2D eigenvalue weighted by atomic mass is 10.1. The maximum atomic E-state index is 12.4. The third-order valence-corrected chi connectivity index (χ3v) is 4.30. The molecule has 26 heavy (non-hydrogen) atoms. The van der Waals surface area contributed by atoms with Gasteiger partial charge in [-0.15, -0.1) is 5.10 Å². The predicted octanol–water partition coefficient (Wildman–Crippen LogP) is 2.32. The summed E-state index contributed by atoms with van der Waals surface area (Å²) in [5.74, 6) is -0.0904. The minimum absolute atomic E-state index is 0.0714. The van der Waals surface area contributed by atoms with E-state index in [1.807, 2.05) is 31.2 Å². The van der Waals surface area contributed by atoms with E-state index >= 15 is 0 Å². The number of aryl methyl sites for hydroxylation is 2. The van der Waals surface area contributed by atoms with Crippen LogP contribution in [0.15, 0.2) is 59.4 Å². The van der Waals surface area contributed by atoms with Crippen LogP contribution >= 0.6 is 0 Å². The second-order valence-corrected chi connectivity index (χ2v) is 6.38. The molecule has 6 nitrogen and oxygen atoms in total. The highest BCUT2D eigenvalue weighted by Crippen LogP contribution is 2.05. The molecule has 3 aromatic rings. The van der Waals surface area contributed by atoms with Crippen molar-refractivity contribution >= 4 is 16.8 Å². The van der Waals surface area contributed by atoms with Crippen molar-refractivity contribution in [1.29, 1.82) is 0 Å². The average Bonchev–Trinajstić information content (AvgIpc) is 2.67. The number of hydrogen-bond acceptors (Lipinski definition) is 4. The minimum Gasteiger partial charge on any atom is -0.354 e. The van der Waals surface area contributed by atoms with Crippen molar-refractivity contribution in [2.45, 2.75) is 38.8 Å². The molecule has 0 unspecified atom stereocenters. The first-order valence-corrected chi connectivity index (χ1v) is 8.79. The Morgan fingerprint density at radius 3 is 2.65 bits per heavy atom. The lowest BCUT2D eigenvalue weighted by Crippen LogP contribution is -2.34. The molecule has 0 aliphatic heterocycles. The molecular weight excluding hydrogens is 328 g/mol. The number of benzene rings is 2. The molecule has 1 N–H and O–H groups in total. The van der Waals surface area contributed by atoms with Crippen molar-refractivity contribution in [3.05, 3.63) is 70.5 Å². The second-order valence-electron chi connectivity index (χ2n) is 6.38. The Bertz CT molecular complexity index is 937. The van der Waals surface area contributed by atoms with Crippen LogP contribution in [0.5, 0.6) is 0 Å². The van der Waals surface area contributed by atoms with Crippen LogP contribution in [0.1, 0.15) is 25.3 Å². The van der Waals surface area contributed by atoms with E-state index in [4.69, 9.17) is 0 Å². The number of hydrogen-bond donors (Lipinski definition) is 1. The fourth-order valence-corrected chi connectivity index (χ4v) is 2.82. The first-order chi connectivity index (χ1) is 12.6. The maximum absolute atomic E-state index is 12.4. The largest absolute Gasteiger partial charge is 0.354 e. The topological polar surface area (TPSA) is 76.9 Å². The number of fused-ring (bicyclic) bond motifs is 1. The monoisotopic (exact) mass is 350 g/mol. The molecule has 2 aromatic carbocycles. The Balaban J connectivity index is 1.51. The number of nitrogens with one attached hydrogen (secondary N) is 1. The maximum Gasteiger partial charge on any atom is 0.277 e.